The van der Waals surface area contributed by atoms with E-state index in [1.54, 1.807) is 48.5 Å². The number of carbonyl (C=O) groups excluding carboxylic acids is 3. The Labute approximate surface area is 193 Å². The third-order valence-corrected chi connectivity index (χ3v) is 5.82. The number of nitrogens with one attached hydrogen (secondary N) is 1. The van der Waals surface area contributed by atoms with Crippen molar-refractivity contribution in [1.29, 1.82) is 0 Å². The maximum Gasteiger partial charge on any atom is 0.258 e. The summed E-state index contributed by atoms with van der Waals surface area (Å²) in [5.41, 5.74) is 0.615. The van der Waals surface area contributed by atoms with Gasteiger partial charge in [0.15, 0.2) is 18.2 Å². The summed E-state index contributed by atoms with van der Waals surface area (Å²) in [6.07, 6.45) is 3.95. The molecule has 7 heteroatoms. The van der Waals surface area contributed by atoms with Gasteiger partial charge in [-0.15, -0.1) is 0 Å². The van der Waals surface area contributed by atoms with Crippen molar-refractivity contribution < 1.29 is 23.9 Å². The van der Waals surface area contributed by atoms with E-state index in [9.17, 15) is 14.4 Å². The van der Waals surface area contributed by atoms with Crippen molar-refractivity contribution in [2.75, 3.05) is 13.2 Å². The Morgan fingerprint density at radius 1 is 0.875 bits per heavy atom. The van der Waals surface area contributed by atoms with Crippen LogP contribution in [0.15, 0.2) is 48.5 Å². The van der Waals surface area contributed by atoms with Crippen LogP contribution < -0.4 is 14.8 Å². The number of halogens is 1. The highest BCUT2D eigenvalue weighted by Gasteiger charge is 2.24. The Morgan fingerprint density at radius 2 is 1.44 bits per heavy atom. The molecular weight excluding hydrogens is 430 g/mol. The molecule has 1 aliphatic rings. The fourth-order valence-electron chi connectivity index (χ4n) is 3.79. The summed E-state index contributed by atoms with van der Waals surface area (Å²) in [6.45, 7) is 1.50. The van der Waals surface area contributed by atoms with Crippen molar-refractivity contribution >= 4 is 29.1 Å². The third kappa shape index (κ3) is 7.68. The summed E-state index contributed by atoms with van der Waals surface area (Å²) in [6, 6.07) is 13.8. The average molecular weight is 458 g/mol. The van der Waals surface area contributed by atoms with E-state index in [0.717, 1.165) is 25.7 Å². The summed E-state index contributed by atoms with van der Waals surface area (Å²) < 4.78 is 11.0. The Morgan fingerprint density at radius 3 is 2.03 bits per heavy atom. The lowest BCUT2D eigenvalue weighted by atomic mass is 9.83. The van der Waals surface area contributed by atoms with Gasteiger partial charge in [-0.3, -0.25) is 14.4 Å². The molecule has 0 aromatic heterocycles. The molecule has 170 valence electrons. The summed E-state index contributed by atoms with van der Waals surface area (Å²) in [7, 11) is 0. The molecule has 0 heterocycles. The van der Waals surface area contributed by atoms with Gasteiger partial charge in [0, 0.05) is 23.0 Å². The molecule has 1 amide bonds. The molecule has 3 rings (SSSR count). The molecule has 0 bridgehead atoms. The Hall–Kier alpha value is -2.86. The third-order valence-electron chi connectivity index (χ3n) is 5.57. The maximum atomic E-state index is 12.3. The zero-order chi connectivity index (χ0) is 22.9. The van der Waals surface area contributed by atoms with Gasteiger partial charge in [-0.05, 0) is 87.1 Å². The molecule has 6 nitrogen and oxygen atoms in total. The smallest absolute Gasteiger partial charge is 0.258 e. The number of Topliss-reactive ketones (excluding diaryl/α,β-unsaturated/α-hetero) is 2. The fourth-order valence-corrected chi connectivity index (χ4v) is 3.92. The van der Waals surface area contributed by atoms with Crippen LogP contribution in [0.2, 0.25) is 5.02 Å². The van der Waals surface area contributed by atoms with Gasteiger partial charge in [0.05, 0.1) is 0 Å². The van der Waals surface area contributed by atoms with Crippen molar-refractivity contribution in [1.82, 2.24) is 5.32 Å². The van der Waals surface area contributed by atoms with Crippen LogP contribution in [-0.4, -0.2) is 36.7 Å². The van der Waals surface area contributed by atoms with Gasteiger partial charge in [0.2, 0.25) is 0 Å². The zero-order valence-electron chi connectivity index (χ0n) is 18.1. The first-order chi connectivity index (χ1) is 15.4. The number of hydrogen-bond acceptors (Lipinski definition) is 5. The van der Waals surface area contributed by atoms with Crippen molar-refractivity contribution in [3.05, 3.63) is 59.1 Å². The van der Waals surface area contributed by atoms with E-state index < -0.39 is 0 Å². The van der Waals surface area contributed by atoms with E-state index in [2.05, 4.69) is 5.32 Å². The minimum absolute atomic E-state index is 0.00602. The summed E-state index contributed by atoms with van der Waals surface area (Å²) >= 11 is 5.83. The van der Waals surface area contributed by atoms with E-state index in [0.29, 0.717) is 34.4 Å². The highest BCUT2D eigenvalue weighted by Crippen LogP contribution is 2.27. The average Bonchev–Trinajstić information content (AvgIpc) is 2.79. The first-order valence-electron chi connectivity index (χ1n) is 10.8. The molecule has 1 saturated carbocycles. The lowest BCUT2D eigenvalue weighted by molar-refractivity contribution is -0.125. The molecule has 0 atom stereocenters. The van der Waals surface area contributed by atoms with Crippen molar-refractivity contribution in [3.8, 4) is 11.5 Å². The molecule has 2 aromatic carbocycles. The van der Waals surface area contributed by atoms with E-state index >= 15 is 0 Å². The maximum absolute atomic E-state index is 12.3. The largest absolute Gasteiger partial charge is 0.486 e. The molecule has 1 fully saturated rings. The first kappa shape index (κ1) is 23.8. The van der Waals surface area contributed by atoms with Crippen molar-refractivity contribution in [3.63, 3.8) is 0 Å². The number of hydrogen-bond donors (Lipinski definition) is 1. The molecule has 0 spiro atoms. The molecule has 1 aliphatic carbocycles. The number of ether oxygens (including phenoxy) is 2. The second kappa shape index (κ2) is 11.7. The van der Waals surface area contributed by atoms with Crippen LogP contribution in [0, 0.1) is 5.92 Å². The van der Waals surface area contributed by atoms with E-state index in [1.165, 1.54) is 6.92 Å². The van der Waals surface area contributed by atoms with Crippen molar-refractivity contribution in [2.45, 2.75) is 45.1 Å². The molecule has 0 unspecified atom stereocenters. The molecule has 0 radical (unpaired) electrons. The van der Waals surface area contributed by atoms with Crippen LogP contribution >= 0.6 is 11.6 Å². The lowest BCUT2D eigenvalue weighted by Crippen LogP contribution is -2.40. The normalized spacial score (nSPS) is 17.9. The van der Waals surface area contributed by atoms with Crippen LogP contribution in [0.3, 0.4) is 0 Å². The quantitative estimate of drug-likeness (QED) is 0.526. The second-order valence-electron chi connectivity index (χ2n) is 8.14. The first-order valence-corrected chi connectivity index (χ1v) is 11.2. The van der Waals surface area contributed by atoms with Crippen LogP contribution in [0.4, 0.5) is 0 Å². The van der Waals surface area contributed by atoms with E-state index in [1.807, 2.05) is 0 Å². The minimum atomic E-state index is -0.149. The number of amides is 1. The van der Waals surface area contributed by atoms with Crippen LogP contribution in [0.1, 0.15) is 49.4 Å². The zero-order valence-corrected chi connectivity index (χ0v) is 18.9. The molecule has 2 aromatic rings. The molecule has 0 saturated heterocycles. The van der Waals surface area contributed by atoms with Gasteiger partial charge in [-0.1, -0.05) is 11.6 Å². The highest BCUT2D eigenvalue weighted by atomic mass is 35.5. The topological polar surface area (TPSA) is 81.7 Å². The standard InChI is InChI=1S/C25H28ClNO5/c1-17(28)19-4-10-23(11-5-19)31-15-22(29)14-18-2-8-21(9-3-18)27-25(30)16-32-24-12-6-20(26)7-13-24/h4-7,10-13,18,21H,2-3,8-9,14-16H2,1H3,(H,27,30). The van der Waals surface area contributed by atoms with Crippen LogP contribution in [0.5, 0.6) is 11.5 Å². The van der Waals surface area contributed by atoms with Gasteiger partial charge < -0.3 is 14.8 Å². The predicted molar refractivity (Wildman–Crippen MR) is 122 cm³/mol. The van der Waals surface area contributed by atoms with Crippen LogP contribution in [0.25, 0.3) is 0 Å². The second-order valence-corrected chi connectivity index (χ2v) is 8.58. The molecule has 1 N–H and O–H groups in total. The Balaban J connectivity index is 1.31. The Kier molecular flexibility index (Phi) is 8.68. The van der Waals surface area contributed by atoms with Crippen LogP contribution in [-0.2, 0) is 9.59 Å². The number of ketones is 2. The van der Waals surface area contributed by atoms with E-state index in [4.69, 9.17) is 21.1 Å². The summed E-state index contributed by atoms with van der Waals surface area (Å²) in [5.74, 6) is 1.39. The fraction of sp³-hybridized carbons (Fsp3) is 0.400. The minimum Gasteiger partial charge on any atom is -0.486 e. The Bertz CT molecular complexity index is 918. The van der Waals surface area contributed by atoms with E-state index in [-0.39, 0.29) is 36.7 Å². The lowest BCUT2D eigenvalue weighted by Gasteiger charge is -2.28. The number of carbonyl (C=O) groups is 3. The van der Waals surface area contributed by atoms with Gasteiger partial charge in [-0.2, -0.15) is 0 Å². The summed E-state index contributed by atoms with van der Waals surface area (Å²) in [5, 5.41) is 3.63. The monoisotopic (exact) mass is 457 g/mol. The summed E-state index contributed by atoms with van der Waals surface area (Å²) in [4.78, 5) is 35.7. The molecule has 0 aliphatic heterocycles. The highest BCUT2D eigenvalue weighted by molar-refractivity contribution is 6.30. The van der Waals surface area contributed by atoms with Gasteiger partial charge >= 0.3 is 0 Å². The number of rotatable bonds is 10. The molecule has 32 heavy (non-hydrogen) atoms. The van der Waals surface area contributed by atoms with Gasteiger partial charge in [-0.25, -0.2) is 0 Å². The SMILES string of the molecule is CC(=O)c1ccc(OCC(=O)CC2CCC(NC(=O)COc3ccc(Cl)cc3)CC2)cc1. The number of benzene rings is 2. The van der Waals surface area contributed by atoms with Gasteiger partial charge in [0.1, 0.15) is 18.1 Å². The molecular formula is C25H28ClNO5. The predicted octanol–water partition coefficient (Wildman–Crippen LogP) is 4.63. The van der Waals surface area contributed by atoms with Gasteiger partial charge in [0.25, 0.3) is 5.91 Å². The van der Waals surface area contributed by atoms with Crippen molar-refractivity contribution in [2.24, 2.45) is 5.92 Å².